The van der Waals surface area contributed by atoms with Crippen molar-refractivity contribution in [3.8, 4) is 0 Å². The molecule has 0 spiro atoms. The van der Waals surface area contributed by atoms with Crippen LogP contribution in [0.4, 0.5) is 0 Å². The maximum atomic E-state index is 6.52. The summed E-state index contributed by atoms with van der Waals surface area (Å²) >= 11 is 8.26. The highest BCUT2D eigenvalue weighted by Crippen LogP contribution is 2.30. The largest absolute Gasteiger partial charge is 0.241 e. The molecule has 0 aliphatic heterocycles. The average molecular weight is 303 g/mol. The zero-order chi connectivity index (χ0) is 13.9. The molecule has 2 heterocycles. The van der Waals surface area contributed by atoms with Crippen LogP contribution in [0.25, 0.3) is 10.2 Å². The number of benzene rings is 1. The molecule has 0 amide bonds. The molecule has 0 aliphatic rings. The van der Waals surface area contributed by atoms with Crippen molar-refractivity contribution in [1.82, 2.24) is 9.97 Å². The van der Waals surface area contributed by atoms with E-state index in [0.717, 1.165) is 34.3 Å². The Kier molecular flexibility index (Phi) is 3.99. The Bertz CT molecular complexity index is 709. The molecule has 0 radical (unpaired) electrons. The highest BCUT2D eigenvalue weighted by atomic mass is 35.5. The van der Waals surface area contributed by atoms with E-state index in [1.807, 2.05) is 18.2 Å². The third-order valence-corrected chi connectivity index (χ3v) is 4.94. The molecule has 102 valence electrons. The maximum Gasteiger partial charge on any atom is 0.127 e. The van der Waals surface area contributed by atoms with E-state index in [9.17, 15) is 0 Å². The van der Waals surface area contributed by atoms with Crippen molar-refractivity contribution in [2.24, 2.45) is 0 Å². The molecular formula is C16H15ClN2S. The second-order valence-electron chi connectivity index (χ2n) is 4.69. The van der Waals surface area contributed by atoms with Crippen molar-refractivity contribution in [3.63, 3.8) is 0 Å². The molecule has 0 bridgehead atoms. The lowest BCUT2D eigenvalue weighted by Crippen LogP contribution is -1.99. The molecule has 0 fully saturated rings. The van der Waals surface area contributed by atoms with E-state index in [4.69, 9.17) is 11.6 Å². The Balaban J connectivity index is 1.92. The van der Waals surface area contributed by atoms with Gasteiger partial charge in [-0.1, -0.05) is 37.3 Å². The number of hydrogen-bond donors (Lipinski definition) is 0. The zero-order valence-corrected chi connectivity index (χ0v) is 12.8. The fourth-order valence-corrected chi connectivity index (χ4v) is 3.49. The fourth-order valence-electron chi connectivity index (χ4n) is 2.24. The molecule has 2 aromatic heterocycles. The Morgan fingerprint density at radius 3 is 2.75 bits per heavy atom. The number of nitrogens with zero attached hydrogens (tertiary/aromatic N) is 2. The molecule has 1 unspecified atom stereocenters. The highest BCUT2D eigenvalue weighted by molar-refractivity contribution is 7.18. The number of aryl methyl sites for hydroxylation is 1. The fraction of sp³-hybridized carbons (Fsp3) is 0.250. The molecule has 0 N–H and O–H groups in total. The quantitative estimate of drug-likeness (QED) is 0.648. The zero-order valence-electron chi connectivity index (χ0n) is 11.2. The maximum absolute atomic E-state index is 6.52. The summed E-state index contributed by atoms with van der Waals surface area (Å²) in [6, 6.07) is 12.3. The lowest BCUT2D eigenvalue weighted by molar-refractivity contribution is 0.885. The van der Waals surface area contributed by atoms with Gasteiger partial charge < -0.3 is 0 Å². The van der Waals surface area contributed by atoms with Gasteiger partial charge in [0.05, 0.1) is 11.1 Å². The summed E-state index contributed by atoms with van der Waals surface area (Å²) in [5.41, 5.74) is 2.17. The van der Waals surface area contributed by atoms with E-state index < -0.39 is 0 Å². The molecule has 1 aromatic carbocycles. The Hall–Kier alpha value is -1.45. The molecular weight excluding hydrogens is 288 g/mol. The van der Waals surface area contributed by atoms with Gasteiger partial charge in [0.15, 0.2) is 0 Å². The van der Waals surface area contributed by atoms with Crippen molar-refractivity contribution in [2.45, 2.75) is 25.1 Å². The van der Waals surface area contributed by atoms with Gasteiger partial charge in [-0.3, -0.25) is 0 Å². The summed E-state index contributed by atoms with van der Waals surface area (Å²) in [6.07, 6.45) is 3.40. The van der Waals surface area contributed by atoms with Gasteiger partial charge in [-0.15, -0.1) is 22.9 Å². The summed E-state index contributed by atoms with van der Waals surface area (Å²) in [5, 5.41) is 1.09. The van der Waals surface area contributed by atoms with Crippen LogP contribution in [0.1, 0.15) is 28.4 Å². The Morgan fingerprint density at radius 2 is 2.00 bits per heavy atom. The van der Waals surface area contributed by atoms with Crippen LogP contribution in [0.2, 0.25) is 0 Å². The first-order valence-electron chi connectivity index (χ1n) is 6.69. The molecule has 0 aliphatic carbocycles. The van der Waals surface area contributed by atoms with Crippen molar-refractivity contribution in [2.75, 3.05) is 0 Å². The molecule has 0 saturated carbocycles. The van der Waals surface area contributed by atoms with Gasteiger partial charge in [0.2, 0.25) is 0 Å². The minimum atomic E-state index is -0.0562. The minimum absolute atomic E-state index is 0.0562. The third kappa shape index (κ3) is 2.69. The number of aromatic nitrogens is 2. The first kappa shape index (κ1) is 13.5. The Labute approximate surface area is 127 Å². The lowest BCUT2D eigenvalue weighted by Gasteiger charge is -2.09. The minimum Gasteiger partial charge on any atom is -0.241 e. The van der Waals surface area contributed by atoms with Crippen LogP contribution in [-0.4, -0.2) is 9.97 Å². The normalized spacial score (nSPS) is 12.7. The smallest absolute Gasteiger partial charge is 0.127 e. The summed E-state index contributed by atoms with van der Waals surface area (Å²) in [6.45, 7) is 2.16. The number of thiophene rings is 1. The third-order valence-electron chi connectivity index (χ3n) is 3.35. The van der Waals surface area contributed by atoms with Crippen LogP contribution in [0, 0.1) is 0 Å². The summed E-state index contributed by atoms with van der Waals surface area (Å²) < 4.78 is 0. The number of hydrogen-bond acceptors (Lipinski definition) is 3. The van der Waals surface area contributed by atoms with Crippen LogP contribution in [0.3, 0.4) is 0 Å². The number of rotatable bonds is 4. The van der Waals surface area contributed by atoms with Crippen LogP contribution >= 0.6 is 22.9 Å². The molecule has 3 aromatic rings. The van der Waals surface area contributed by atoms with E-state index in [1.54, 1.807) is 17.7 Å². The predicted molar refractivity (Wildman–Crippen MR) is 85.5 cm³/mol. The topological polar surface area (TPSA) is 25.8 Å². The molecule has 4 heteroatoms. The van der Waals surface area contributed by atoms with Crippen LogP contribution < -0.4 is 0 Å². The molecule has 3 rings (SSSR count). The van der Waals surface area contributed by atoms with Gasteiger partial charge >= 0.3 is 0 Å². The molecule has 0 saturated heterocycles. The number of alkyl halides is 1. The van der Waals surface area contributed by atoms with E-state index in [2.05, 4.69) is 35.1 Å². The molecule has 1 atom stereocenters. The van der Waals surface area contributed by atoms with E-state index in [-0.39, 0.29) is 5.38 Å². The van der Waals surface area contributed by atoms with Gasteiger partial charge in [0, 0.05) is 16.7 Å². The van der Waals surface area contributed by atoms with Gasteiger partial charge in [-0.05, 0) is 18.1 Å². The van der Waals surface area contributed by atoms with Crippen molar-refractivity contribution < 1.29 is 0 Å². The first-order valence-corrected chi connectivity index (χ1v) is 7.94. The monoisotopic (exact) mass is 302 g/mol. The number of halogens is 1. The van der Waals surface area contributed by atoms with Crippen LogP contribution in [0.5, 0.6) is 0 Å². The second-order valence-corrected chi connectivity index (χ2v) is 6.33. The van der Waals surface area contributed by atoms with Gasteiger partial charge in [0.25, 0.3) is 0 Å². The molecule has 2 nitrogen and oxygen atoms in total. The van der Waals surface area contributed by atoms with E-state index in [1.165, 1.54) is 4.88 Å². The number of fused-ring (bicyclic) bond motifs is 1. The second kappa shape index (κ2) is 5.90. The van der Waals surface area contributed by atoms with Crippen LogP contribution in [-0.2, 0) is 12.8 Å². The van der Waals surface area contributed by atoms with Crippen LogP contribution in [0.15, 0.2) is 42.7 Å². The van der Waals surface area contributed by atoms with E-state index >= 15 is 0 Å². The van der Waals surface area contributed by atoms with Gasteiger partial charge in [-0.25, -0.2) is 9.97 Å². The van der Waals surface area contributed by atoms with Gasteiger partial charge in [0.1, 0.15) is 11.2 Å². The van der Waals surface area contributed by atoms with E-state index in [0.29, 0.717) is 0 Å². The Morgan fingerprint density at radius 1 is 1.20 bits per heavy atom. The summed E-state index contributed by atoms with van der Waals surface area (Å²) in [4.78, 5) is 11.2. The van der Waals surface area contributed by atoms with Crippen molar-refractivity contribution in [1.29, 1.82) is 0 Å². The first-order chi connectivity index (χ1) is 9.78. The standard InChI is InChI=1S/C16H15ClN2S/c1-2-12-8-13-15(18-10-19-16(13)20-12)9-14(17)11-6-4-3-5-7-11/h3-8,10,14H,2,9H2,1H3. The lowest BCUT2D eigenvalue weighted by atomic mass is 10.1. The van der Waals surface area contributed by atoms with Gasteiger partial charge in [-0.2, -0.15) is 0 Å². The summed E-state index contributed by atoms with van der Waals surface area (Å²) in [7, 11) is 0. The van der Waals surface area contributed by atoms with Crippen molar-refractivity contribution >= 4 is 33.2 Å². The predicted octanol–water partition coefficient (Wildman–Crippen LogP) is 4.78. The SMILES string of the molecule is CCc1cc2c(CC(Cl)c3ccccc3)ncnc2s1. The van der Waals surface area contributed by atoms with Crippen molar-refractivity contribution in [3.05, 3.63) is 58.9 Å². The molecule has 20 heavy (non-hydrogen) atoms. The summed E-state index contributed by atoms with van der Waals surface area (Å²) in [5.74, 6) is 0. The average Bonchev–Trinajstić information content (AvgIpc) is 2.92. The highest BCUT2D eigenvalue weighted by Gasteiger charge is 2.14.